The van der Waals surface area contributed by atoms with Crippen LogP contribution in [0.15, 0.2) is 66.7 Å². The van der Waals surface area contributed by atoms with E-state index < -0.39 is 0 Å². The molecule has 2 bridgehead atoms. The van der Waals surface area contributed by atoms with Crippen molar-refractivity contribution in [3.63, 3.8) is 0 Å². The Kier molecular flexibility index (Phi) is 3.07. The Balaban J connectivity index is 1.34. The molecule has 3 aliphatic carbocycles. The Bertz CT molecular complexity index is 978. The van der Waals surface area contributed by atoms with Gasteiger partial charge in [0.2, 0.25) is 11.8 Å². The fourth-order valence-corrected chi connectivity index (χ4v) is 6.33. The van der Waals surface area contributed by atoms with Crippen molar-refractivity contribution in [2.24, 2.45) is 29.1 Å². The molecule has 2 amide bonds. The number of amides is 2. The zero-order valence-corrected chi connectivity index (χ0v) is 15.6. The van der Waals surface area contributed by atoms with Gasteiger partial charge < -0.3 is 4.74 Å². The summed E-state index contributed by atoms with van der Waals surface area (Å²) in [6.45, 7) is 0. The molecular weight excluding hydrogens is 350 g/mol. The Hall–Kier alpha value is -2.88. The highest BCUT2D eigenvalue weighted by Crippen LogP contribution is 2.79. The van der Waals surface area contributed by atoms with Crippen molar-refractivity contribution in [3.05, 3.63) is 72.3 Å². The van der Waals surface area contributed by atoms with Gasteiger partial charge in [0.05, 0.1) is 24.6 Å². The van der Waals surface area contributed by atoms with Crippen molar-refractivity contribution in [2.45, 2.75) is 12.3 Å². The van der Waals surface area contributed by atoms with E-state index in [0.29, 0.717) is 17.4 Å². The van der Waals surface area contributed by atoms with Crippen LogP contribution in [-0.4, -0.2) is 18.9 Å². The van der Waals surface area contributed by atoms with Crippen LogP contribution in [0.2, 0.25) is 0 Å². The van der Waals surface area contributed by atoms with Gasteiger partial charge in [0, 0.05) is 0 Å². The first-order valence-corrected chi connectivity index (χ1v) is 9.92. The molecule has 2 saturated carbocycles. The molecule has 1 saturated heterocycles. The Morgan fingerprint density at radius 1 is 0.893 bits per heavy atom. The lowest BCUT2D eigenvalue weighted by atomic mass is 9.85. The third-order valence-electron chi connectivity index (χ3n) is 7.52. The van der Waals surface area contributed by atoms with E-state index in [2.05, 4.69) is 36.4 Å². The zero-order chi connectivity index (χ0) is 19.0. The van der Waals surface area contributed by atoms with Crippen molar-refractivity contribution in [1.82, 2.24) is 0 Å². The fraction of sp³-hybridized carbons (Fsp3) is 0.333. The summed E-state index contributed by atoms with van der Waals surface area (Å²) in [6, 6.07) is 17.7. The van der Waals surface area contributed by atoms with Crippen LogP contribution >= 0.6 is 0 Å². The summed E-state index contributed by atoms with van der Waals surface area (Å²) in [6.07, 6.45) is 5.52. The van der Waals surface area contributed by atoms with E-state index in [9.17, 15) is 9.59 Å². The van der Waals surface area contributed by atoms with E-state index >= 15 is 0 Å². The van der Waals surface area contributed by atoms with Crippen LogP contribution in [0.3, 0.4) is 0 Å². The van der Waals surface area contributed by atoms with Crippen LogP contribution in [0.4, 0.5) is 5.69 Å². The van der Waals surface area contributed by atoms with Crippen molar-refractivity contribution >= 4 is 17.5 Å². The molecule has 3 fully saturated rings. The molecule has 0 aromatic heterocycles. The van der Waals surface area contributed by atoms with Gasteiger partial charge in [0.15, 0.2) is 0 Å². The average molecular weight is 371 g/mol. The van der Waals surface area contributed by atoms with E-state index in [4.69, 9.17) is 4.74 Å². The van der Waals surface area contributed by atoms with Gasteiger partial charge in [-0.05, 0) is 59.4 Å². The number of carbonyl (C=O) groups is 2. The number of benzene rings is 2. The molecule has 1 heterocycles. The fourth-order valence-electron chi connectivity index (χ4n) is 6.33. The van der Waals surface area contributed by atoms with Gasteiger partial charge in [-0.2, -0.15) is 0 Å². The molecule has 4 aliphatic rings. The summed E-state index contributed by atoms with van der Waals surface area (Å²) in [5, 5.41) is 0. The molecule has 28 heavy (non-hydrogen) atoms. The topological polar surface area (TPSA) is 46.6 Å². The smallest absolute Gasteiger partial charge is 0.238 e. The predicted molar refractivity (Wildman–Crippen MR) is 105 cm³/mol. The first-order chi connectivity index (χ1) is 13.7. The van der Waals surface area contributed by atoms with Crippen LogP contribution < -0.4 is 9.64 Å². The second kappa shape index (κ2) is 5.34. The molecule has 4 heteroatoms. The molecule has 0 radical (unpaired) electrons. The summed E-state index contributed by atoms with van der Waals surface area (Å²) < 4.78 is 5.20. The maximum atomic E-state index is 13.3. The standard InChI is InChI=1S/C24H21NO3/c1-28-16-9-7-15(8-10-16)25-22(26)20-17-11-12-18(21(20)23(25)27)24(17)13-19(24)14-5-3-2-4-6-14/h2-12,17-21H,13H2,1H3/t17-,18-,19+,20-,21+,24?/m1/s1. The van der Waals surface area contributed by atoms with E-state index in [0.717, 1.165) is 6.42 Å². The zero-order valence-electron chi connectivity index (χ0n) is 15.6. The van der Waals surface area contributed by atoms with E-state index in [1.54, 1.807) is 31.4 Å². The number of ether oxygens (including phenoxy) is 1. The molecule has 0 N–H and O–H groups in total. The number of rotatable bonds is 3. The maximum absolute atomic E-state index is 13.3. The average Bonchev–Trinajstić information content (AvgIpc) is 3.21. The number of methoxy groups -OCH3 is 1. The van der Waals surface area contributed by atoms with Gasteiger partial charge in [0.25, 0.3) is 0 Å². The molecule has 6 rings (SSSR count). The normalized spacial score (nSPS) is 37.0. The number of imide groups is 1. The van der Waals surface area contributed by atoms with Gasteiger partial charge in [-0.1, -0.05) is 42.5 Å². The van der Waals surface area contributed by atoms with E-state index in [1.807, 2.05) is 6.07 Å². The summed E-state index contributed by atoms with van der Waals surface area (Å²) >= 11 is 0. The van der Waals surface area contributed by atoms with Gasteiger partial charge in [-0.3, -0.25) is 14.5 Å². The number of hydrogen-bond acceptors (Lipinski definition) is 3. The molecule has 6 atom stereocenters. The highest BCUT2D eigenvalue weighted by atomic mass is 16.5. The van der Waals surface area contributed by atoms with Gasteiger partial charge in [-0.15, -0.1) is 0 Å². The molecule has 4 nitrogen and oxygen atoms in total. The van der Waals surface area contributed by atoms with Crippen LogP contribution in [0.1, 0.15) is 17.9 Å². The molecule has 1 aliphatic heterocycles. The number of hydrogen-bond donors (Lipinski definition) is 0. The SMILES string of the molecule is COc1ccc(N2C(=O)[C@@H]3[C@H](C2=O)[C@H]2C=C[C@H]3C23C[C@H]3c2ccccc2)cc1. The van der Waals surface area contributed by atoms with Crippen molar-refractivity contribution in [3.8, 4) is 5.75 Å². The highest BCUT2D eigenvalue weighted by molar-refractivity contribution is 6.23. The van der Waals surface area contributed by atoms with Crippen LogP contribution in [0.5, 0.6) is 5.75 Å². The lowest BCUT2D eigenvalue weighted by Gasteiger charge is -2.23. The van der Waals surface area contributed by atoms with Crippen molar-refractivity contribution in [2.75, 3.05) is 12.0 Å². The number of carbonyl (C=O) groups excluding carboxylic acids is 2. The number of nitrogens with zero attached hydrogens (tertiary/aromatic N) is 1. The quantitative estimate of drug-likeness (QED) is 0.609. The van der Waals surface area contributed by atoms with Gasteiger partial charge >= 0.3 is 0 Å². The van der Waals surface area contributed by atoms with Crippen molar-refractivity contribution in [1.29, 1.82) is 0 Å². The summed E-state index contributed by atoms with van der Waals surface area (Å²) in [7, 11) is 1.60. The largest absolute Gasteiger partial charge is 0.497 e. The maximum Gasteiger partial charge on any atom is 0.238 e. The number of fused-ring (bicyclic) bond motifs is 3. The molecule has 2 aromatic rings. The van der Waals surface area contributed by atoms with Crippen LogP contribution in [-0.2, 0) is 9.59 Å². The molecule has 1 spiro atoms. The van der Waals surface area contributed by atoms with Crippen molar-refractivity contribution < 1.29 is 14.3 Å². The summed E-state index contributed by atoms with van der Waals surface area (Å²) in [5.41, 5.74) is 2.07. The van der Waals surface area contributed by atoms with E-state index in [-0.39, 0.29) is 40.9 Å². The highest BCUT2D eigenvalue weighted by Gasteiger charge is 2.77. The lowest BCUT2D eigenvalue weighted by Crippen LogP contribution is -2.35. The monoisotopic (exact) mass is 371 g/mol. The van der Waals surface area contributed by atoms with Gasteiger partial charge in [-0.25, -0.2) is 0 Å². The lowest BCUT2D eigenvalue weighted by molar-refractivity contribution is -0.123. The minimum Gasteiger partial charge on any atom is -0.497 e. The minimum atomic E-state index is -0.210. The Morgan fingerprint density at radius 3 is 2.07 bits per heavy atom. The van der Waals surface area contributed by atoms with Crippen LogP contribution in [0.25, 0.3) is 0 Å². The Labute approximate surface area is 163 Å². The predicted octanol–water partition coefficient (Wildman–Crippen LogP) is 3.79. The minimum absolute atomic E-state index is 0.0323. The second-order valence-electron chi connectivity index (χ2n) is 8.48. The van der Waals surface area contributed by atoms with E-state index in [1.165, 1.54) is 10.5 Å². The second-order valence-corrected chi connectivity index (χ2v) is 8.48. The number of allylic oxidation sites excluding steroid dienone is 2. The summed E-state index contributed by atoms with van der Waals surface area (Å²) in [5.74, 6) is 1.04. The molecule has 1 unspecified atom stereocenters. The molecular formula is C24H21NO3. The first-order valence-electron chi connectivity index (χ1n) is 9.92. The van der Waals surface area contributed by atoms with Crippen LogP contribution in [0, 0.1) is 29.1 Å². The number of anilines is 1. The molecule has 2 aromatic carbocycles. The third kappa shape index (κ3) is 1.81. The molecule has 140 valence electrons. The van der Waals surface area contributed by atoms with Gasteiger partial charge in [0.1, 0.15) is 5.75 Å². The third-order valence-corrected chi connectivity index (χ3v) is 7.52. The Morgan fingerprint density at radius 2 is 1.50 bits per heavy atom. The summed E-state index contributed by atoms with van der Waals surface area (Å²) in [4.78, 5) is 28.1. The first kappa shape index (κ1) is 16.1.